The number of carbonyl (C=O) groups excluding carboxylic acids is 1. The lowest BCUT2D eigenvalue weighted by atomic mass is 9.98. The number of ether oxygens (including phenoxy) is 1. The molecule has 0 aliphatic carbocycles. The second-order valence-electron chi connectivity index (χ2n) is 8.51. The quantitative estimate of drug-likeness (QED) is 0.830. The molecule has 0 saturated carbocycles. The Kier molecular flexibility index (Phi) is 6.93. The van der Waals surface area contributed by atoms with E-state index in [1.807, 2.05) is 45.0 Å². The van der Waals surface area contributed by atoms with Crippen LogP contribution < -0.4 is 15.4 Å². The molecule has 1 aliphatic rings. The molecule has 0 bridgehead atoms. The molecule has 1 saturated heterocycles. The minimum atomic E-state index is -0.0887. The molecule has 1 aromatic rings. The number of rotatable bonds is 5. The number of amides is 2. The lowest BCUT2D eigenvalue weighted by molar-refractivity contribution is 0.0977. The van der Waals surface area contributed by atoms with Crippen LogP contribution in [0.3, 0.4) is 0 Å². The zero-order valence-corrected chi connectivity index (χ0v) is 17.1. The van der Waals surface area contributed by atoms with Crippen LogP contribution in [0.15, 0.2) is 24.3 Å². The van der Waals surface area contributed by atoms with Crippen molar-refractivity contribution in [3.05, 3.63) is 29.8 Å². The minimum absolute atomic E-state index is 0.0437. The third-order valence-electron chi connectivity index (χ3n) is 4.88. The second kappa shape index (κ2) is 8.76. The molecule has 5 nitrogen and oxygen atoms in total. The number of carbonyl (C=O) groups is 1. The van der Waals surface area contributed by atoms with Crippen LogP contribution in [-0.4, -0.2) is 41.7 Å². The Labute approximate surface area is 158 Å². The van der Waals surface area contributed by atoms with E-state index in [0.717, 1.165) is 37.2 Å². The van der Waals surface area contributed by atoms with Crippen LogP contribution >= 0.6 is 0 Å². The van der Waals surface area contributed by atoms with Crippen molar-refractivity contribution in [3.63, 3.8) is 0 Å². The number of hydrogen-bond donors (Lipinski definition) is 2. The van der Waals surface area contributed by atoms with Crippen LogP contribution in [0.25, 0.3) is 0 Å². The second-order valence-corrected chi connectivity index (χ2v) is 8.51. The Balaban J connectivity index is 1.79. The van der Waals surface area contributed by atoms with Crippen molar-refractivity contribution in [2.75, 3.05) is 13.1 Å². The molecule has 0 spiro atoms. The number of hydrogen-bond acceptors (Lipinski definition) is 3. The van der Waals surface area contributed by atoms with Gasteiger partial charge >= 0.3 is 6.03 Å². The van der Waals surface area contributed by atoms with E-state index < -0.39 is 0 Å². The highest BCUT2D eigenvalue weighted by Crippen LogP contribution is 2.21. The van der Waals surface area contributed by atoms with Crippen molar-refractivity contribution in [2.45, 2.75) is 78.1 Å². The van der Waals surface area contributed by atoms with E-state index in [1.165, 1.54) is 0 Å². The van der Waals surface area contributed by atoms with Crippen molar-refractivity contribution in [1.29, 1.82) is 0 Å². The van der Waals surface area contributed by atoms with E-state index in [0.29, 0.717) is 0 Å². The summed E-state index contributed by atoms with van der Waals surface area (Å²) >= 11 is 0. The summed E-state index contributed by atoms with van der Waals surface area (Å²) < 4.78 is 5.66. The van der Waals surface area contributed by atoms with Gasteiger partial charge in [0.1, 0.15) is 5.75 Å². The largest absolute Gasteiger partial charge is 0.491 e. The number of likely N-dealkylation sites (tertiary alicyclic amines) is 1. The van der Waals surface area contributed by atoms with E-state index in [2.05, 4.69) is 36.3 Å². The first kappa shape index (κ1) is 20.6. The summed E-state index contributed by atoms with van der Waals surface area (Å²) in [7, 11) is 0. The fourth-order valence-corrected chi connectivity index (χ4v) is 3.31. The fourth-order valence-electron chi connectivity index (χ4n) is 3.31. The maximum atomic E-state index is 12.3. The highest BCUT2D eigenvalue weighted by molar-refractivity contribution is 5.74. The number of nitrogens with one attached hydrogen (secondary N) is 2. The van der Waals surface area contributed by atoms with E-state index in [-0.39, 0.29) is 29.8 Å². The van der Waals surface area contributed by atoms with Gasteiger partial charge in [0.05, 0.1) is 12.1 Å². The van der Waals surface area contributed by atoms with Gasteiger partial charge in [-0.25, -0.2) is 4.79 Å². The maximum Gasteiger partial charge on any atom is 0.315 e. The Morgan fingerprint density at radius 3 is 2.19 bits per heavy atom. The van der Waals surface area contributed by atoms with Gasteiger partial charge in [-0.2, -0.15) is 0 Å². The predicted molar refractivity (Wildman–Crippen MR) is 107 cm³/mol. The standard InChI is InChI=1S/C21H35N3O2/c1-15(2)26-19-9-7-17(8-10-19)16(3)22-20(25)23-18-11-13-24(14-12-18)21(4,5)6/h7-10,15-16,18H,11-14H2,1-6H3,(H2,22,23,25). The molecule has 0 radical (unpaired) electrons. The van der Waals surface area contributed by atoms with Crippen LogP contribution in [0.5, 0.6) is 5.75 Å². The van der Waals surface area contributed by atoms with E-state index in [4.69, 9.17) is 4.74 Å². The van der Waals surface area contributed by atoms with Crippen molar-refractivity contribution < 1.29 is 9.53 Å². The SMILES string of the molecule is CC(C)Oc1ccc(C(C)NC(=O)NC2CCN(C(C)(C)C)CC2)cc1. The van der Waals surface area contributed by atoms with Gasteiger partial charge in [0.2, 0.25) is 0 Å². The van der Waals surface area contributed by atoms with Crippen molar-refractivity contribution in [3.8, 4) is 5.75 Å². The van der Waals surface area contributed by atoms with Gasteiger partial charge in [-0.1, -0.05) is 12.1 Å². The smallest absolute Gasteiger partial charge is 0.315 e. The van der Waals surface area contributed by atoms with Crippen LogP contribution in [0.2, 0.25) is 0 Å². The molecule has 1 fully saturated rings. The van der Waals surface area contributed by atoms with Crippen LogP contribution in [0.4, 0.5) is 4.79 Å². The first-order valence-electron chi connectivity index (χ1n) is 9.74. The molecular formula is C21H35N3O2. The van der Waals surface area contributed by atoms with Gasteiger partial charge in [0.25, 0.3) is 0 Å². The molecule has 1 aliphatic heterocycles. The lowest BCUT2D eigenvalue weighted by Crippen LogP contribution is -2.52. The normalized spacial score (nSPS) is 17.8. The van der Waals surface area contributed by atoms with Crippen molar-refractivity contribution >= 4 is 6.03 Å². The Morgan fingerprint density at radius 2 is 1.69 bits per heavy atom. The van der Waals surface area contributed by atoms with Gasteiger partial charge in [-0.15, -0.1) is 0 Å². The Bertz CT molecular complexity index is 570. The Morgan fingerprint density at radius 1 is 1.12 bits per heavy atom. The highest BCUT2D eigenvalue weighted by atomic mass is 16.5. The van der Waals surface area contributed by atoms with Gasteiger partial charge in [-0.05, 0) is 72.1 Å². The average molecular weight is 362 g/mol. The summed E-state index contributed by atoms with van der Waals surface area (Å²) in [5.74, 6) is 0.853. The van der Waals surface area contributed by atoms with Crippen molar-refractivity contribution in [2.24, 2.45) is 0 Å². The first-order chi connectivity index (χ1) is 12.1. The van der Waals surface area contributed by atoms with Crippen LogP contribution in [-0.2, 0) is 0 Å². The first-order valence-corrected chi connectivity index (χ1v) is 9.74. The summed E-state index contributed by atoms with van der Waals surface area (Å²) in [6, 6.07) is 8.03. The third-order valence-corrected chi connectivity index (χ3v) is 4.88. The summed E-state index contributed by atoms with van der Waals surface area (Å²) in [6.45, 7) is 14.8. The minimum Gasteiger partial charge on any atom is -0.491 e. The summed E-state index contributed by atoms with van der Waals surface area (Å²) in [5.41, 5.74) is 1.27. The fraction of sp³-hybridized carbons (Fsp3) is 0.667. The molecule has 1 aromatic carbocycles. The molecule has 26 heavy (non-hydrogen) atoms. The number of urea groups is 1. The molecule has 2 amide bonds. The predicted octanol–water partition coefficient (Wildman–Crippen LogP) is 4.10. The topological polar surface area (TPSA) is 53.6 Å². The highest BCUT2D eigenvalue weighted by Gasteiger charge is 2.27. The molecule has 1 unspecified atom stereocenters. The van der Waals surface area contributed by atoms with E-state index in [9.17, 15) is 4.79 Å². The van der Waals surface area contributed by atoms with Gasteiger partial charge in [0, 0.05) is 24.7 Å². The molecular weight excluding hydrogens is 326 g/mol. The molecule has 0 aromatic heterocycles. The number of benzene rings is 1. The molecule has 1 atom stereocenters. The monoisotopic (exact) mass is 361 g/mol. The zero-order valence-electron chi connectivity index (χ0n) is 17.1. The molecule has 146 valence electrons. The summed E-state index contributed by atoms with van der Waals surface area (Å²) in [5, 5.41) is 6.17. The molecule has 2 N–H and O–H groups in total. The van der Waals surface area contributed by atoms with E-state index >= 15 is 0 Å². The van der Waals surface area contributed by atoms with Crippen LogP contribution in [0, 0.1) is 0 Å². The number of piperidine rings is 1. The average Bonchev–Trinajstić information content (AvgIpc) is 2.54. The van der Waals surface area contributed by atoms with Gasteiger partial charge in [-0.3, -0.25) is 4.90 Å². The van der Waals surface area contributed by atoms with Crippen molar-refractivity contribution in [1.82, 2.24) is 15.5 Å². The molecule has 1 heterocycles. The number of nitrogens with zero attached hydrogens (tertiary/aromatic N) is 1. The van der Waals surface area contributed by atoms with Gasteiger partial charge < -0.3 is 15.4 Å². The molecule has 2 rings (SSSR count). The summed E-state index contributed by atoms with van der Waals surface area (Å²) in [6.07, 6.45) is 2.16. The molecule has 5 heteroatoms. The zero-order chi connectivity index (χ0) is 19.3. The maximum absolute atomic E-state index is 12.3. The lowest BCUT2D eigenvalue weighted by Gasteiger charge is -2.41. The van der Waals surface area contributed by atoms with Crippen LogP contribution in [0.1, 0.15) is 66.0 Å². The van der Waals surface area contributed by atoms with Gasteiger partial charge in [0.15, 0.2) is 0 Å². The summed E-state index contributed by atoms with van der Waals surface area (Å²) in [4.78, 5) is 14.8. The third kappa shape index (κ3) is 6.20. The Hall–Kier alpha value is -1.75. The van der Waals surface area contributed by atoms with E-state index in [1.54, 1.807) is 0 Å².